The molecule has 3 rings (SSSR count). The molecule has 0 spiro atoms. The molecule has 3 aromatic carbocycles. The van der Waals surface area contributed by atoms with Gasteiger partial charge in [-0.05, 0) is 48.9 Å². The fourth-order valence-electron chi connectivity index (χ4n) is 3.10. The van der Waals surface area contributed by atoms with Crippen molar-refractivity contribution in [2.75, 3.05) is 13.2 Å². The van der Waals surface area contributed by atoms with Crippen molar-refractivity contribution in [3.8, 4) is 11.5 Å². The molecule has 1 atom stereocenters. The maximum Gasteiger partial charge on any atom is 0.261 e. The molecule has 1 N–H and O–H groups in total. The van der Waals surface area contributed by atoms with Crippen LogP contribution in [0.2, 0.25) is 0 Å². The summed E-state index contributed by atoms with van der Waals surface area (Å²) in [6.45, 7) is 6.89. The lowest BCUT2D eigenvalue weighted by molar-refractivity contribution is -0.128. The highest BCUT2D eigenvalue weighted by molar-refractivity contribution is 5.89. The Balaban J connectivity index is 1.55. The van der Waals surface area contributed by atoms with Gasteiger partial charge in [0, 0.05) is 5.39 Å². The van der Waals surface area contributed by atoms with Gasteiger partial charge in [-0.2, -0.15) is 0 Å². The fraction of sp³-hybridized carbons (Fsp3) is 0.292. The zero-order valence-electron chi connectivity index (χ0n) is 16.7. The normalized spacial score (nSPS) is 11.8. The van der Waals surface area contributed by atoms with Crippen molar-refractivity contribution in [3.05, 3.63) is 71.8 Å². The van der Waals surface area contributed by atoms with Gasteiger partial charge in [0.15, 0.2) is 6.10 Å². The van der Waals surface area contributed by atoms with Crippen molar-refractivity contribution < 1.29 is 14.3 Å². The van der Waals surface area contributed by atoms with Crippen molar-refractivity contribution in [1.29, 1.82) is 0 Å². The minimum atomic E-state index is -0.536. The van der Waals surface area contributed by atoms with Gasteiger partial charge in [-0.25, -0.2) is 0 Å². The van der Waals surface area contributed by atoms with Gasteiger partial charge in [0.1, 0.15) is 18.1 Å². The van der Waals surface area contributed by atoms with E-state index in [-0.39, 0.29) is 5.91 Å². The summed E-state index contributed by atoms with van der Waals surface area (Å²) < 4.78 is 11.8. The van der Waals surface area contributed by atoms with E-state index in [0.29, 0.717) is 19.6 Å². The minimum Gasteiger partial charge on any atom is -0.491 e. The molecule has 0 aliphatic rings. The maximum atomic E-state index is 12.6. The van der Waals surface area contributed by atoms with Crippen molar-refractivity contribution in [3.63, 3.8) is 0 Å². The number of hydrogen-bond acceptors (Lipinski definition) is 3. The van der Waals surface area contributed by atoms with Crippen LogP contribution >= 0.6 is 0 Å². The Labute approximate surface area is 166 Å². The van der Waals surface area contributed by atoms with Crippen LogP contribution in [0, 0.1) is 13.8 Å². The Morgan fingerprint density at radius 2 is 1.68 bits per heavy atom. The van der Waals surface area contributed by atoms with E-state index in [9.17, 15) is 4.79 Å². The van der Waals surface area contributed by atoms with Crippen LogP contribution < -0.4 is 14.8 Å². The van der Waals surface area contributed by atoms with Gasteiger partial charge in [0.05, 0.1) is 6.54 Å². The highest BCUT2D eigenvalue weighted by Crippen LogP contribution is 2.26. The van der Waals surface area contributed by atoms with E-state index in [1.807, 2.05) is 68.4 Å². The van der Waals surface area contributed by atoms with Gasteiger partial charge in [-0.15, -0.1) is 0 Å². The third kappa shape index (κ3) is 4.63. The molecule has 0 saturated carbocycles. The molecule has 146 valence electrons. The zero-order valence-corrected chi connectivity index (χ0v) is 16.7. The van der Waals surface area contributed by atoms with Crippen LogP contribution in [0.1, 0.15) is 24.5 Å². The molecule has 1 unspecified atom stereocenters. The Bertz CT molecular complexity index is 946. The number of carbonyl (C=O) groups is 1. The van der Waals surface area contributed by atoms with Gasteiger partial charge in [0.2, 0.25) is 0 Å². The molecule has 0 aliphatic carbocycles. The zero-order chi connectivity index (χ0) is 19.9. The second-order valence-corrected chi connectivity index (χ2v) is 6.83. The molecule has 4 nitrogen and oxygen atoms in total. The van der Waals surface area contributed by atoms with Crippen molar-refractivity contribution in [1.82, 2.24) is 5.32 Å². The lowest BCUT2D eigenvalue weighted by Gasteiger charge is -2.19. The van der Waals surface area contributed by atoms with Crippen LogP contribution in [0.3, 0.4) is 0 Å². The molecule has 0 aliphatic heterocycles. The highest BCUT2D eigenvalue weighted by atomic mass is 16.5. The molecular weight excluding hydrogens is 350 g/mol. The van der Waals surface area contributed by atoms with Crippen molar-refractivity contribution >= 4 is 16.7 Å². The molecule has 0 fully saturated rings. The van der Waals surface area contributed by atoms with Gasteiger partial charge in [-0.1, -0.05) is 55.5 Å². The molecule has 0 bridgehead atoms. The number of amides is 1. The standard InChI is InChI=1S/C24H27NO3/c1-4-21(28-23-14-8-11-19-10-5-6-12-20(19)23)24(26)25-15-16-27-22-13-7-9-17(2)18(22)3/h5-14,21H,4,15-16H2,1-3H3,(H,25,26). The Kier molecular flexibility index (Phi) is 6.53. The Morgan fingerprint density at radius 1 is 0.964 bits per heavy atom. The summed E-state index contributed by atoms with van der Waals surface area (Å²) in [6, 6.07) is 19.9. The maximum absolute atomic E-state index is 12.6. The van der Waals surface area contributed by atoms with Crippen LogP contribution in [0.25, 0.3) is 10.8 Å². The molecule has 0 aromatic heterocycles. The summed E-state index contributed by atoms with van der Waals surface area (Å²) in [5.41, 5.74) is 2.32. The van der Waals surface area contributed by atoms with Crippen molar-refractivity contribution in [2.24, 2.45) is 0 Å². The predicted octanol–water partition coefficient (Wildman–Crippen LogP) is 4.81. The average molecular weight is 377 g/mol. The van der Waals surface area contributed by atoms with E-state index >= 15 is 0 Å². The molecule has 0 radical (unpaired) electrons. The summed E-state index contributed by atoms with van der Waals surface area (Å²) in [5.74, 6) is 1.46. The van der Waals surface area contributed by atoms with E-state index < -0.39 is 6.10 Å². The van der Waals surface area contributed by atoms with E-state index in [1.165, 1.54) is 5.56 Å². The molecular formula is C24H27NO3. The number of benzene rings is 3. The summed E-state index contributed by atoms with van der Waals surface area (Å²) >= 11 is 0. The number of carbonyl (C=O) groups excluding carboxylic acids is 1. The average Bonchev–Trinajstić information content (AvgIpc) is 2.72. The SMILES string of the molecule is CCC(Oc1cccc2ccccc12)C(=O)NCCOc1cccc(C)c1C. The second-order valence-electron chi connectivity index (χ2n) is 6.83. The van der Waals surface area contributed by atoms with Crippen LogP contribution in [0.15, 0.2) is 60.7 Å². The molecule has 0 saturated heterocycles. The number of ether oxygens (including phenoxy) is 2. The third-order valence-corrected chi connectivity index (χ3v) is 4.90. The third-order valence-electron chi connectivity index (χ3n) is 4.90. The molecule has 1 amide bonds. The van der Waals surface area contributed by atoms with Gasteiger partial charge >= 0.3 is 0 Å². The summed E-state index contributed by atoms with van der Waals surface area (Å²) in [6.07, 6.45) is 0.0545. The van der Waals surface area contributed by atoms with Crippen LogP contribution in [-0.4, -0.2) is 25.2 Å². The Morgan fingerprint density at radius 3 is 2.50 bits per heavy atom. The summed E-state index contributed by atoms with van der Waals surface area (Å²) in [5, 5.41) is 5.02. The minimum absolute atomic E-state index is 0.125. The van der Waals surface area contributed by atoms with Crippen molar-refractivity contribution in [2.45, 2.75) is 33.3 Å². The number of rotatable bonds is 8. The molecule has 3 aromatic rings. The predicted molar refractivity (Wildman–Crippen MR) is 113 cm³/mol. The van der Waals surface area contributed by atoms with E-state index in [2.05, 4.69) is 18.3 Å². The summed E-state index contributed by atoms with van der Waals surface area (Å²) in [4.78, 5) is 12.6. The first-order chi connectivity index (χ1) is 13.6. The first kappa shape index (κ1) is 19.7. The smallest absolute Gasteiger partial charge is 0.261 e. The second kappa shape index (κ2) is 9.27. The number of nitrogens with one attached hydrogen (secondary N) is 1. The Hall–Kier alpha value is -3.01. The van der Waals surface area contributed by atoms with Gasteiger partial charge in [-0.3, -0.25) is 4.79 Å². The summed E-state index contributed by atoms with van der Waals surface area (Å²) in [7, 11) is 0. The topological polar surface area (TPSA) is 47.6 Å². The lowest BCUT2D eigenvalue weighted by Crippen LogP contribution is -2.39. The first-order valence-electron chi connectivity index (χ1n) is 9.71. The molecule has 4 heteroatoms. The molecule has 28 heavy (non-hydrogen) atoms. The van der Waals surface area contributed by atoms with Crippen LogP contribution in [0.4, 0.5) is 0 Å². The number of fused-ring (bicyclic) bond motifs is 1. The van der Waals surface area contributed by atoms with E-state index in [1.54, 1.807) is 0 Å². The molecule has 0 heterocycles. The highest BCUT2D eigenvalue weighted by Gasteiger charge is 2.19. The van der Waals surface area contributed by atoms with E-state index in [4.69, 9.17) is 9.47 Å². The quantitative estimate of drug-likeness (QED) is 0.573. The number of aryl methyl sites for hydroxylation is 1. The van der Waals surface area contributed by atoms with Gasteiger partial charge < -0.3 is 14.8 Å². The lowest BCUT2D eigenvalue weighted by atomic mass is 10.1. The monoisotopic (exact) mass is 377 g/mol. The van der Waals surface area contributed by atoms with Gasteiger partial charge in [0.25, 0.3) is 5.91 Å². The fourth-order valence-corrected chi connectivity index (χ4v) is 3.10. The van der Waals surface area contributed by atoms with Crippen LogP contribution in [0.5, 0.6) is 11.5 Å². The van der Waals surface area contributed by atoms with Crippen LogP contribution in [-0.2, 0) is 4.79 Å². The number of hydrogen-bond donors (Lipinski definition) is 1. The first-order valence-corrected chi connectivity index (χ1v) is 9.71. The largest absolute Gasteiger partial charge is 0.491 e. The van der Waals surface area contributed by atoms with E-state index in [0.717, 1.165) is 27.8 Å².